The molecule has 0 saturated heterocycles. The minimum Gasteiger partial charge on any atom is -0.385 e. The molecule has 0 heterocycles. The van der Waals surface area contributed by atoms with E-state index < -0.39 is 0 Å². The van der Waals surface area contributed by atoms with Crippen molar-refractivity contribution in [3.63, 3.8) is 0 Å². The fourth-order valence-electron chi connectivity index (χ4n) is 1.85. The van der Waals surface area contributed by atoms with Gasteiger partial charge in [0, 0.05) is 12.2 Å². The topological polar surface area (TPSA) is 35.8 Å². The van der Waals surface area contributed by atoms with E-state index in [0.717, 1.165) is 12.2 Å². The number of anilines is 1. The zero-order chi connectivity index (χ0) is 13.2. The summed E-state index contributed by atoms with van der Waals surface area (Å²) in [5, 5.41) is 12.6. The molecule has 1 N–H and O–H groups in total. The first-order valence-corrected chi connectivity index (χ1v) is 7.09. The molecule has 3 heteroatoms. The highest BCUT2D eigenvalue weighted by atomic mass is 35.5. The van der Waals surface area contributed by atoms with Crippen molar-refractivity contribution in [1.29, 1.82) is 5.26 Å². The van der Waals surface area contributed by atoms with Crippen LogP contribution in [0, 0.1) is 11.3 Å². The van der Waals surface area contributed by atoms with E-state index in [2.05, 4.69) is 18.3 Å². The molecular formula is C15H21ClN2. The standard InChI is InChI=1S/C15H21ClN2/c1-2-3-4-5-6-7-10-18-14-9-8-13(12-17)15(16)11-14/h8-9,11,18H,2-7,10H2,1H3. The van der Waals surface area contributed by atoms with Gasteiger partial charge in [0.2, 0.25) is 0 Å². The van der Waals surface area contributed by atoms with Gasteiger partial charge in [0.05, 0.1) is 10.6 Å². The monoisotopic (exact) mass is 264 g/mol. The Kier molecular flexibility index (Phi) is 7.29. The van der Waals surface area contributed by atoms with E-state index in [4.69, 9.17) is 16.9 Å². The largest absolute Gasteiger partial charge is 0.385 e. The number of benzene rings is 1. The first-order valence-electron chi connectivity index (χ1n) is 6.71. The highest BCUT2D eigenvalue weighted by Gasteiger charge is 2.00. The second-order valence-electron chi connectivity index (χ2n) is 4.50. The molecule has 0 radical (unpaired) electrons. The molecule has 1 aromatic carbocycles. The van der Waals surface area contributed by atoms with Gasteiger partial charge in [-0.1, -0.05) is 50.6 Å². The van der Waals surface area contributed by atoms with Gasteiger partial charge in [0.25, 0.3) is 0 Å². The third-order valence-corrected chi connectivity index (χ3v) is 3.26. The SMILES string of the molecule is CCCCCCCCNc1ccc(C#N)c(Cl)c1. The number of hydrogen-bond acceptors (Lipinski definition) is 2. The van der Waals surface area contributed by atoms with E-state index in [1.165, 1.54) is 38.5 Å². The lowest BCUT2D eigenvalue weighted by Gasteiger charge is -2.07. The molecule has 98 valence electrons. The third kappa shape index (κ3) is 5.42. The van der Waals surface area contributed by atoms with Crippen LogP contribution in [0.1, 0.15) is 51.0 Å². The Hall–Kier alpha value is -1.20. The highest BCUT2D eigenvalue weighted by Crippen LogP contribution is 2.20. The predicted octanol–water partition coefficient (Wildman–Crippen LogP) is 4.98. The predicted molar refractivity (Wildman–Crippen MR) is 78.0 cm³/mol. The minimum atomic E-state index is 0.519. The molecule has 1 aromatic rings. The van der Waals surface area contributed by atoms with Crippen molar-refractivity contribution in [1.82, 2.24) is 0 Å². The van der Waals surface area contributed by atoms with Gasteiger partial charge in [-0.3, -0.25) is 0 Å². The molecule has 0 spiro atoms. The van der Waals surface area contributed by atoms with Crippen LogP contribution in [0.15, 0.2) is 18.2 Å². The van der Waals surface area contributed by atoms with Gasteiger partial charge in [-0.15, -0.1) is 0 Å². The molecule has 0 saturated carbocycles. The quantitative estimate of drug-likeness (QED) is 0.672. The first kappa shape index (κ1) is 14.9. The number of nitriles is 1. The van der Waals surface area contributed by atoms with Gasteiger partial charge in [-0.2, -0.15) is 5.26 Å². The molecule has 0 aliphatic heterocycles. The number of rotatable bonds is 8. The zero-order valence-corrected chi connectivity index (χ0v) is 11.8. The van der Waals surface area contributed by atoms with Crippen molar-refractivity contribution in [3.8, 4) is 6.07 Å². The van der Waals surface area contributed by atoms with Crippen LogP contribution in [0.2, 0.25) is 5.02 Å². The Balaban J connectivity index is 2.20. The second-order valence-corrected chi connectivity index (χ2v) is 4.91. The summed E-state index contributed by atoms with van der Waals surface area (Å²) in [6.45, 7) is 3.20. The fraction of sp³-hybridized carbons (Fsp3) is 0.533. The lowest BCUT2D eigenvalue weighted by atomic mass is 10.1. The van der Waals surface area contributed by atoms with Crippen molar-refractivity contribution in [2.45, 2.75) is 45.4 Å². The summed E-state index contributed by atoms with van der Waals surface area (Å²) in [4.78, 5) is 0. The van der Waals surface area contributed by atoms with Crippen LogP contribution in [-0.4, -0.2) is 6.54 Å². The highest BCUT2D eigenvalue weighted by molar-refractivity contribution is 6.32. The third-order valence-electron chi connectivity index (χ3n) is 2.95. The van der Waals surface area contributed by atoms with Crippen molar-refractivity contribution < 1.29 is 0 Å². The smallest absolute Gasteiger partial charge is 0.101 e. The number of nitrogens with one attached hydrogen (secondary N) is 1. The summed E-state index contributed by atoms with van der Waals surface area (Å²) in [6.07, 6.45) is 7.77. The summed E-state index contributed by atoms with van der Waals surface area (Å²) < 4.78 is 0. The lowest BCUT2D eigenvalue weighted by molar-refractivity contribution is 0.617. The van der Waals surface area contributed by atoms with Gasteiger partial charge < -0.3 is 5.32 Å². The van der Waals surface area contributed by atoms with Crippen molar-refractivity contribution >= 4 is 17.3 Å². The maximum atomic E-state index is 8.77. The average molecular weight is 265 g/mol. The number of hydrogen-bond donors (Lipinski definition) is 1. The van der Waals surface area contributed by atoms with Gasteiger partial charge in [-0.25, -0.2) is 0 Å². The van der Waals surface area contributed by atoms with Crippen molar-refractivity contribution in [2.75, 3.05) is 11.9 Å². The normalized spacial score (nSPS) is 10.1. The van der Waals surface area contributed by atoms with Crippen LogP contribution < -0.4 is 5.32 Å². The summed E-state index contributed by atoms with van der Waals surface area (Å²) in [6, 6.07) is 7.54. The molecular weight excluding hydrogens is 244 g/mol. The molecule has 2 nitrogen and oxygen atoms in total. The average Bonchev–Trinajstić information content (AvgIpc) is 2.38. The molecule has 0 unspecified atom stereocenters. The van der Waals surface area contributed by atoms with Crippen LogP contribution in [0.25, 0.3) is 0 Å². The Morgan fingerprint density at radius 3 is 2.56 bits per heavy atom. The van der Waals surface area contributed by atoms with E-state index >= 15 is 0 Å². The van der Waals surface area contributed by atoms with Crippen molar-refractivity contribution in [3.05, 3.63) is 28.8 Å². The number of nitrogens with zero attached hydrogens (tertiary/aromatic N) is 1. The molecule has 0 aliphatic carbocycles. The van der Waals surface area contributed by atoms with Gasteiger partial charge in [0.1, 0.15) is 6.07 Å². The molecule has 0 aromatic heterocycles. The Labute approximate surface area is 115 Å². The van der Waals surface area contributed by atoms with Gasteiger partial charge >= 0.3 is 0 Å². The minimum absolute atomic E-state index is 0.519. The van der Waals surface area contributed by atoms with E-state index in [1.807, 2.05) is 12.1 Å². The van der Waals surface area contributed by atoms with E-state index in [-0.39, 0.29) is 0 Å². The summed E-state index contributed by atoms with van der Waals surface area (Å²) in [5.74, 6) is 0. The molecule has 0 atom stereocenters. The summed E-state index contributed by atoms with van der Waals surface area (Å²) in [5.41, 5.74) is 1.52. The van der Waals surface area contributed by atoms with Gasteiger partial charge in [-0.05, 0) is 24.6 Å². The Bertz CT molecular complexity index is 396. The van der Waals surface area contributed by atoms with Crippen LogP contribution >= 0.6 is 11.6 Å². The van der Waals surface area contributed by atoms with E-state index in [1.54, 1.807) is 6.07 Å². The summed E-state index contributed by atoms with van der Waals surface area (Å²) in [7, 11) is 0. The first-order chi connectivity index (χ1) is 8.77. The zero-order valence-electron chi connectivity index (χ0n) is 11.0. The Morgan fingerprint density at radius 1 is 1.17 bits per heavy atom. The molecule has 18 heavy (non-hydrogen) atoms. The molecule has 0 bridgehead atoms. The molecule has 0 aliphatic rings. The molecule has 0 amide bonds. The second kappa shape index (κ2) is 8.83. The number of halogens is 1. The maximum Gasteiger partial charge on any atom is 0.101 e. The van der Waals surface area contributed by atoms with Crippen LogP contribution in [0.5, 0.6) is 0 Å². The molecule has 0 fully saturated rings. The van der Waals surface area contributed by atoms with Crippen LogP contribution in [-0.2, 0) is 0 Å². The van der Waals surface area contributed by atoms with Crippen LogP contribution in [0.4, 0.5) is 5.69 Å². The number of unbranched alkanes of at least 4 members (excludes halogenated alkanes) is 5. The fourth-order valence-corrected chi connectivity index (χ4v) is 2.08. The Morgan fingerprint density at radius 2 is 1.89 bits per heavy atom. The lowest BCUT2D eigenvalue weighted by Crippen LogP contribution is -2.01. The summed E-state index contributed by atoms with van der Waals surface area (Å²) >= 11 is 5.96. The molecule has 1 rings (SSSR count). The van der Waals surface area contributed by atoms with Crippen molar-refractivity contribution in [2.24, 2.45) is 0 Å². The van der Waals surface area contributed by atoms with Gasteiger partial charge in [0.15, 0.2) is 0 Å². The maximum absolute atomic E-state index is 8.77. The van der Waals surface area contributed by atoms with E-state index in [0.29, 0.717) is 10.6 Å². The van der Waals surface area contributed by atoms with E-state index in [9.17, 15) is 0 Å². The van der Waals surface area contributed by atoms with Crippen LogP contribution in [0.3, 0.4) is 0 Å².